The van der Waals surface area contributed by atoms with Crippen LogP contribution in [0.4, 0.5) is 0 Å². The van der Waals surface area contributed by atoms with Gasteiger partial charge in [0, 0.05) is 11.9 Å². The van der Waals surface area contributed by atoms with Crippen LogP contribution in [0, 0.1) is 5.92 Å². The van der Waals surface area contributed by atoms with Crippen LogP contribution in [0.3, 0.4) is 0 Å². The summed E-state index contributed by atoms with van der Waals surface area (Å²) >= 11 is 5.62. The van der Waals surface area contributed by atoms with Gasteiger partial charge in [0.15, 0.2) is 0 Å². The van der Waals surface area contributed by atoms with Crippen molar-refractivity contribution in [1.82, 2.24) is 4.31 Å². The zero-order chi connectivity index (χ0) is 14.3. The predicted octanol–water partition coefficient (Wildman–Crippen LogP) is 1.46. The van der Waals surface area contributed by atoms with E-state index in [0.717, 1.165) is 4.31 Å². The van der Waals surface area contributed by atoms with Crippen molar-refractivity contribution in [2.75, 3.05) is 24.8 Å². The van der Waals surface area contributed by atoms with Crippen LogP contribution in [-0.2, 0) is 19.6 Å². The third-order valence-corrected chi connectivity index (χ3v) is 5.06. The number of rotatable bonds is 8. The van der Waals surface area contributed by atoms with E-state index in [-0.39, 0.29) is 36.7 Å². The zero-order valence-corrected chi connectivity index (χ0v) is 12.9. The number of sulfonamides is 1. The Kier molecular flexibility index (Phi) is 7.82. The molecule has 0 radical (unpaired) electrons. The van der Waals surface area contributed by atoms with E-state index in [4.69, 9.17) is 16.3 Å². The standard InChI is InChI=1S/C11H22ClNO4S/c1-5-17-11(14)7-13(9(2)3)18(15,16)8-10(4)6-12/h9-10H,5-8H2,1-4H3. The van der Waals surface area contributed by atoms with Crippen LogP contribution in [-0.4, -0.2) is 49.5 Å². The maximum absolute atomic E-state index is 12.1. The van der Waals surface area contributed by atoms with Gasteiger partial charge < -0.3 is 4.74 Å². The lowest BCUT2D eigenvalue weighted by Crippen LogP contribution is -2.43. The van der Waals surface area contributed by atoms with Gasteiger partial charge >= 0.3 is 5.97 Å². The molecule has 7 heteroatoms. The second-order valence-electron chi connectivity index (χ2n) is 4.48. The highest BCUT2D eigenvalue weighted by atomic mass is 35.5. The van der Waals surface area contributed by atoms with Crippen molar-refractivity contribution in [2.24, 2.45) is 5.92 Å². The molecule has 1 atom stereocenters. The van der Waals surface area contributed by atoms with E-state index in [1.807, 2.05) is 0 Å². The number of hydrogen-bond acceptors (Lipinski definition) is 4. The number of alkyl halides is 1. The van der Waals surface area contributed by atoms with E-state index in [2.05, 4.69) is 0 Å². The highest BCUT2D eigenvalue weighted by Gasteiger charge is 2.29. The summed E-state index contributed by atoms with van der Waals surface area (Å²) in [5.41, 5.74) is 0. The van der Waals surface area contributed by atoms with E-state index >= 15 is 0 Å². The molecule has 0 amide bonds. The summed E-state index contributed by atoms with van der Waals surface area (Å²) in [7, 11) is -3.50. The van der Waals surface area contributed by atoms with Gasteiger partial charge in [-0.15, -0.1) is 11.6 Å². The topological polar surface area (TPSA) is 63.7 Å². The van der Waals surface area contributed by atoms with Gasteiger partial charge in [-0.25, -0.2) is 8.42 Å². The molecule has 0 fully saturated rings. The second kappa shape index (κ2) is 7.96. The Hall–Kier alpha value is -0.330. The number of halogens is 1. The maximum Gasteiger partial charge on any atom is 0.321 e. The molecule has 108 valence electrons. The monoisotopic (exact) mass is 299 g/mol. The molecule has 0 spiro atoms. The number of nitrogens with zero attached hydrogens (tertiary/aromatic N) is 1. The van der Waals surface area contributed by atoms with Crippen LogP contribution < -0.4 is 0 Å². The Morgan fingerprint density at radius 3 is 2.28 bits per heavy atom. The number of hydrogen-bond donors (Lipinski definition) is 0. The van der Waals surface area contributed by atoms with Crippen LogP contribution >= 0.6 is 11.6 Å². The first kappa shape index (κ1) is 17.7. The number of carbonyl (C=O) groups excluding carboxylic acids is 1. The van der Waals surface area contributed by atoms with Crippen LogP contribution in [0.25, 0.3) is 0 Å². The van der Waals surface area contributed by atoms with Crippen molar-refractivity contribution >= 4 is 27.6 Å². The minimum atomic E-state index is -3.50. The van der Waals surface area contributed by atoms with Crippen molar-refractivity contribution in [3.63, 3.8) is 0 Å². The Bertz CT molecular complexity index is 356. The summed E-state index contributed by atoms with van der Waals surface area (Å²) in [5.74, 6) is -0.480. The summed E-state index contributed by atoms with van der Waals surface area (Å²) in [4.78, 5) is 11.4. The summed E-state index contributed by atoms with van der Waals surface area (Å²) in [5, 5.41) is 0. The van der Waals surface area contributed by atoms with E-state index in [1.165, 1.54) is 0 Å². The van der Waals surface area contributed by atoms with Gasteiger partial charge in [0.25, 0.3) is 0 Å². The lowest BCUT2D eigenvalue weighted by Gasteiger charge is -2.26. The Balaban J connectivity index is 4.83. The van der Waals surface area contributed by atoms with Gasteiger partial charge in [-0.05, 0) is 26.7 Å². The third-order valence-electron chi connectivity index (χ3n) is 2.28. The van der Waals surface area contributed by atoms with E-state index in [1.54, 1.807) is 27.7 Å². The first-order valence-electron chi connectivity index (χ1n) is 5.95. The molecule has 0 rings (SSSR count). The number of ether oxygens (including phenoxy) is 1. The van der Waals surface area contributed by atoms with E-state index in [0.29, 0.717) is 0 Å². The van der Waals surface area contributed by atoms with Gasteiger partial charge in [-0.2, -0.15) is 4.31 Å². The van der Waals surface area contributed by atoms with Gasteiger partial charge in [0.1, 0.15) is 6.54 Å². The van der Waals surface area contributed by atoms with E-state index in [9.17, 15) is 13.2 Å². The highest BCUT2D eigenvalue weighted by molar-refractivity contribution is 7.89. The Morgan fingerprint density at radius 1 is 1.33 bits per heavy atom. The molecule has 0 aromatic heterocycles. The lowest BCUT2D eigenvalue weighted by atomic mass is 10.3. The molecule has 0 aromatic rings. The third kappa shape index (κ3) is 6.02. The first-order chi connectivity index (χ1) is 8.24. The molecule has 0 aliphatic heterocycles. The minimum Gasteiger partial charge on any atom is -0.465 e. The normalized spacial score (nSPS) is 13.9. The SMILES string of the molecule is CCOC(=O)CN(C(C)C)S(=O)(=O)CC(C)CCl. The Morgan fingerprint density at radius 2 is 1.89 bits per heavy atom. The molecule has 0 aliphatic carbocycles. The summed E-state index contributed by atoms with van der Waals surface area (Å²) in [6.45, 7) is 6.88. The molecule has 0 heterocycles. The average Bonchev–Trinajstić information content (AvgIpc) is 2.24. The quantitative estimate of drug-likeness (QED) is 0.503. The average molecular weight is 300 g/mol. The van der Waals surface area contributed by atoms with Gasteiger partial charge in [-0.1, -0.05) is 6.92 Å². The maximum atomic E-state index is 12.1. The molecule has 1 unspecified atom stereocenters. The number of carbonyl (C=O) groups is 1. The van der Waals surface area contributed by atoms with Crippen LogP contribution in [0.2, 0.25) is 0 Å². The summed E-state index contributed by atoms with van der Waals surface area (Å²) in [6.07, 6.45) is 0. The van der Waals surface area contributed by atoms with Crippen molar-refractivity contribution in [3.05, 3.63) is 0 Å². The largest absolute Gasteiger partial charge is 0.465 e. The van der Waals surface area contributed by atoms with Crippen molar-refractivity contribution in [3.8, 4) is 0 Å². The summed E-state index contributed by atoms with van der Waals surface area (Å²) < 4.78 is 30.2. The minimum absolute atomic E-state index is 0.0614. The molecule has 5 nitrogen and oxygen atoms in total. The van der Waals surface area contributed by atoms with Crippen LogP contribution in [0.15, 0.2) is 0 Å². The molecular formula is C11H22ClNO4S. The van der Waals surface area contributed by atoms with Crippen molar-refractivity contribution < 1.29 is 17.9 Å². The van der Waals surface area contributed by atoms with Crippen molar-refractivity contribution in [1.29, 1.82) is 0 Å². The Labute approximate surface area is 114 Å². The first-order valence-corrected chi connectivity index (χ1v) is 8.10. The smallest absolute Gasteiger partial charge is 0.321 e. The lowest BCUT2D eigenvalue weighted by molar-refractivity contribution is -0.143. The molecule has 18 heavy (non-hydrogen) atoms. The fourth-order valence-electron chi connectivity index (χ4n) is 1.44. The van der Waals surface area contributed by atoms with E-state index < -0.39 is 16.0 Å². The molecule has 0 saturated carbocycles. The second-order valence-corrected chi connectivity index (χ2v) is 6.76. The van der Waals surface area contributed by atoms with Crippen LogP contribution in [0.1, 0.15) is 27.7 Å². The van der Waals surface area contributed by atoms with Gasteiger partial charge in [0.2, 0.25) is 10.0 Å². The van der Waals surface area contributed by atoms with Crippen LogP contribution in [0.5, 0.6) is 0 Å². The molecular weight excluding hydrogens is 278 g/mol. The molecule has 0 aromatic carbocycles. The highest BCUT2D eigenvalue weighted by Crippen LogP contribution is 2.12. The molecule has 0 bridgehead atoms. The zero-order valence-electron chi connectivity index (χ0n) is 11.3. The van der Waals surface area contributed by atoms with Gasteiger partial charge in [-0.3, -0.25) is 4.79 Å². The number of esters is 1. The predicted molar refractivity (Wildman–Crippen MR) is 72.1 cm³/mol. The fraction of sp³-hybridized carbons (Fsp3) is 0.909. The van der Waals surface area contributed by atoms with Gasteiger partial charge in [0.05, 0.1) is 12.4 Å². The van der Waals surface area contributed by atoms with Crippen molar-refractivity contribution in [2.45, 2.75) is 33.7 Å². The fourth-order valence-corrected chi connectivity index (χ4v) is 3.65. The molecule has 0 saturated heterocycles. The molecule has 0 aliphatic rings. The molecule has 0 N–H and O–H groups in total. The summed E-state index contributed by atoms with van der Waals surface area (Å²) in [6, 6.07) is -0.290.